The monoisotopic (exact) mass is 249 g/mol. The van der Waals surface area contributed by atoms with Gasteiger partial charge >= 0.3 is 5.97 Å². The molecule has 0 aliphatic carbocycles. The van der Waals surface area contributed by atoms with E-state index in [2.05, 4.69) is 25.7 Å². The van der Waals surface area contributed by atoms with Crippen LogP contribution in [0.1, 0.15) is 36.7 Å². The molecule has 0 spiro atoms. The van der Waals surface area contributed by atoms with Crippen molar-refractivity contribution < 1.29 is 9.53 Å². The predicted molar refractivity (Wildman–Crippen MR) is 73.9 cm³/mol. The maximum Gasteiger partial charge on any atom is 0.338 e. The average molecular weight is 249 g/mol. The normalized spacial score (nSPS) is 10.7. The van der Waals surface area contributed by atoms with E-state index in [4.69, 9.17) is 4.74 Å². The Balaban J connectivity index is 2.40. The second-order valence-electron chi connectivity index (χ2n) is 4.21. The quantitative estimate of drug-likeness (QED) is 0.696. The lowest BCUT2D eigenvalue weighted by Crippen LogP contribution is -2.27. The van der Waals surface area contributed by atoms with Crippen LogP contribution < -0.4 is 0 Å². The SMILES string of the molecule is CCc1ccc(C(=O)OCCN(CC)CC)cc1. The molecule has 1 aromatic rings. The van der Waals surface area contributed by atoms with E-state index in [0.29, 0.717) is 12.2 Å². The van der Waals surface area contributed by atoms with Gasteiger partial charge in [-0.1, -0.05) is 32.9 Å². The molecule has 0 amide bonds. The molecule has 100 valence electrons. The Morgan fingerprint density at radius 3 is 2.22 bits per heavy atom. The van der Waals surface area contributed by atoms with Gasteiger partial charge in [0.1, 0.15) is 6.61 Å². The van der Waals surface area contributed by atoms with E-state index in [1.807, 2.05) is 24.3 Å². The van der Waals surface area contributed by atoms with Gasteiger partial charge in [0.15, 0.2) is 0 Å². The van der Waals surface area contributed by atoms with E-state index in [-0.39, 0.29) is 5.97 Å². The van der Waals surface area contributed by atoms with Gasteiger partial charge in [-0.2, -0.15) is 0 Å². The number of carbonyl (C=O) groups is 1. The first-order valence-electron chi connectivity index (χ1n) is 6.69. The van der Waals surface area contributed by atoms with E-state index in [1.165, 1.54) is 5.56 Å². The largest absolute Gasteiger partial charge is 0.461 e. The number of likely N-dealkylation sites (N-methyl/N-ethyl adjacent to an activating group) is 1. The van der Waals surface area contributed by atoms with Crippen molar-refractivity contribution in [1.29, 1.82) is 0 Å². The number of carbonyl (C=O) groups excluding carboxylic acids is 1. The number of esters is 1. The molecule has 0 saturated heterocycles. The molecule has 0 N–H and O–H groups in total. The maximum absolute atomic E-state index is 11.8. The van der Waals surface area contributed by atoms with Crippen molar-refractivity contribution in [1.82, 2.24) is 4.90 Å². The van der Waals surface area contributed by atoms with Gasteiger partial charge in [-0.25, -0.2) is 4.79 Å². The molecule has 0 fully saturated rings. The highest BCUT2D eigenvalue weighted by atomic mass is 16.5. The fraction of sp³-hybridized carbons (Fsp3) is 0.533. The van der Waals surface area contributed by atoms with Crippen LogP contribution in [-0.4, -0.2) is 37.1 Å². The highest BCUT2D eigenvalue weighted by Gasteiger charge is 2.07. The van der Waals surface area contributed by atoms with Gasteiger partial charge < -0.3 is 9.64 Å². The molecule has 1 rings (SSSR count). The second kappa shape index (κ2) is 7.88. The van der Waals surface area contributed by atoms with Crippen molar-refractivity contribution in [3.05, 3.63) is 35.4 Å². The fourth-order valence-corrected chi connectivity index (χ4v) is 1.77. The molecule has 0 aliphatic heterocycles. The second-order valence-corrected chi connectivity index (χ2v) is 4.21. The van der Waals surface area contributed by atoms with Gasteiger partial charge in [-0.05, 0) is 37.2 Å². The van der Waals surface area contributed by atoms with E-state index >= 15 is 0 Å². The van der Waals surface area contributed by atoms with Crippen molar-refractivity contribution in [3.63, 3.8) is 0 Å². The molecule has 0 saturated carbocycles. The molecule has 18 heavy (non-hydrogen) atoms. The third kappa shape index (κ3) is 4.49. The first kappa shape index (κ1) is 14.7. The predicted octanol–water partition coefficient (Wildman–Crippen LogP) is 2.75. The summed E-state index contributed by atoms with van der Waals surface area (Å²) < 4.78 is 5.26. The number of aryl methyl sites for hydroxylation is 1. The smallest absolute Gasteiger partial charge is 0.338 e. The van der Waals surface area contributed by atoms with Crippen LogP contribution in [0, 0.1) is 0 Å². The molecule has 0 heterocycles. The van der Waals surface area contributed by atoms with Crippen LogP contribution in [0.3, 0.4) is 0 Å². The topological polar surface area (TPSA) is 29.5 Å². The minimum atomic E-state index is -0.232. The Kier molecular flexibility index (Phi) is 6.44. The summed E-state index contributed by atoms with van der Waals surface area (Å²) in [5.74, 6) is -0.232. The molecule has 0 radical (unpaired) electrons. The van der Waals surface area contributed by atoms with Crippen LogP contribution in [-0.2, 0) is 11.2 Å². The van der Waals surface area contributed by atoms with Gasteiger partial charge in [0.05, 0.1) is 5.56 Å². The summed E-state index contributed by atoms with van der Waals surface area (Å²) in [5, 5.41) is 0. The zero-order valence-corrected chi connectivity index (χ0v) is 11.6. The first-order valence-corrected chi connectivity index (χ1v) is 6.69. The van der Waals surface area contributed by atoms with E-state index < -0.39 is 0 Å². The van der Waals surface area contributed by atoms with E-state index in [1.54, 1.807) is 0 Å². The van der Waals surface area contributed by atoms with Crippen LogP contribution in [0.4, 0.5) is 0 Å². The van der Waals surface area contributed by atoms with E-state index in [0.717, 1.165) is 26.1 Å². The first-order chi connectivity index (χ1) is 8.71. The van der Waals surface area contributed by atoms with Crippen molar-refractivity contribution >= 4 is 5.97 Å². The summed E-state index contributed by atoms with van der Waals surface area (Å²) in [5.41, 5.74) is 1.86. The zero-order chi connectivity index (χ0) is 13.4. The molecule has 0 aliphatic rings. The van der Waals surface area contributed by atoms with Crippen LogP contribution in [0.15, 0.2) is 24.3 Å². The summed E-state index contributed by atoms with van der Waals surface area (Å²) in [7, 11) is 0. The third-order valence-electron chi connectivity index (χ3n) is 3.13. The van der Waals surface area contributed by atoms with E-state index in [9.17, 15) is 4.79 Å². The zero-order valence-electron chi connectivity index (χ0n) is 11.6. The Labute approximate surface area is 110 Å². The molecule has 0 bridgehead atoms. The highest BCUT2D eigenvalue weighted by molar-refractivity contribution is 5.89. The van der Waals surface area contributed by atoms with Crippen molar-refractivity contribution in [2.24, 2.45) is 0 Å². The van der Waals surface area contributed by atoms with Gasteiger partial charge in [-0.15, -0.1) is 0 Å². The standard InChI is InChI=1S/C15H23NO2/c1-4-13-7-9-14(10-8-13)15(17)18-12-11-16(5-2)6-3/h7-10H,4-6,11-12H2,1-3H3. The number of hydrogen-bond donors (Lipinski definition) is 0. The molecule has 3 nitrogen and oxygen atoms in total. The number of rotatable bonds is 7. The summed E-state index contributed by atoms with van der Waals surface area (Å²) in [6.45, 7) is 9.53. The number of ether oxygens (including phenoxy) is 1. The number of nitrogens with zero attached hydrogens (tertiary/aromatic N) is 1. The van der Waals surface area contributed by atoms with Crippen molar-refractivity contribution in [3.8, 4) is 0 Å². The van der Waals surface area contributed by atoms with Gasteiger partial charge in [-0.3, -0.25) is 0 Å². The molecule has 0 aromatic heterocycles. The number of hydrogen-bond acceptors (Lipinski definition) is 3. The Morgan fingerprint density at radius 1 is 1.11 bits per heavy atom. The third-order valence-corrected chi connectivity index (χ3v) is 3.13. The minimum absolute atomic E-state index is 0.232. The molecular weight excluding hydrogens is 226 g/mol. The number of benzene rings is 1. The van der Waals surface area contributed by atoms with Crippen LogP contribution >= 0.6 is 0 Å². The summed E-state index contributed by atoms with van der Waals surface area (Å²) in [6.07, 6.45) is 0.983. The Bertz CT molecular complexity index is 355. The van der Waals surface area contributed by atoms with Gasteiger partial charge in [0.25, 0.3) is 0 Å². The fourth-order valence-electron chi connectivity index (χ4n) is 1.77. The lowest BCUT2D eigenvalue weighted by Gasteiger charge is -2.17. The molecule has 3 heteroatoms. The van der Waals surface area contributed by atoms with Crippen LogP contribution in [0.5, 0.6) is 0 Å². The average Bonchev–Trinajstić information content (AvgIpc) is 2.43. The Morgan fingerprint density at radius 2 is 1.72 bits per heavy atom. The molecule has 0 unspecified atom stereocenters. The molecule has 0 atom stereocenters. The highest BCUT2D eigenvalue weighted by Crippen LogP contribution is 2.06. The molecule has 1 aromatic carbocycles. The minimum Gasteiger partial charge on any atom is -0.461 e. The maximum atomic E-state index is 11.8. The van der Waals surface area contributed by atoms with Crippen molar-refractivity contribution in [2.75, 3.05) is 26.2 Å². The van der Waals surface area contributed by atoms with Crippen LogP contribution in [0.2, 0.25) is 0 Å². The Hall–Kier alpha value is -1.35. The molecular formula is C15H23NO2. The van der Waals surface area contributed by atoms with Crippen molar-refractivity contribution in [2.45, 2.75) is 27.2 Å². The van der Waals surface area contributed by atoms with Gasteiger partial charge in [0.2, 0.25) is 0 Å². The van der Waals surface area contributed by atoms with Gasteiger partial charge in [0, 0.05) is 6.54 Å². The lowest BCUT2D eigenvalue weighted by atomic mass is 10.1. The summed E-state index contributed by atoms with van der Waals surface area (Å²) >= 11 is 0. The van der Waals surface area contributed by atoms with Crippen LogP contribution in [0.25, 0.3) is 0 Å². The lowest BCUT2D eigenvalue weighted by molar-refractivity contribution is 0.0466. The summed E-state index contributed by atoms with van der Waals surface area (Å²) in [6, 6.07) is 7.61. The summed E-state index contributed by atoms with van der Waals surface area (Å²) in [4.78, 5) is 14.0.